The summed E-state index contributed by atoms with van der Waals surface area (Å²) < 4.78 is 5.12. The number of aliphatic hydroxyl groups is 1. The number of hydrogen-bond acceptors (Lipinski definition) is 5. The Morgan fingerprint density at radius 1 is 1.08 bits per heavy atom. The van der Waals surface area contributed by atoms with Crippen LogP contribution in [0.5, 0.6) is 17.2 Å². The minimum atomic E-state index is -0.876. The molecule has 5 nitrogen and oxygen atoms in total. The van der Waals surface area contributed by atoms with Crippen molar-refractivity contribution < 1.29 is 20.1 Å². The first-order valence-electron chi connectivity index (χ1n) is 8.31. The predicted molar refractivity (Wildman–Crippen MR) is 98.2 cm³/mol. The average Bonchev–Trinajstić information content (AvgIpc) is 2.57. The van der Waals surface area contributed by atoms with Gasteiger partial charge in [0.25, 0.3) is 0 Å². The quantitative estimate of drug-likeness (QED) is 0.580. The van der Waals surface area contributed by atoms with Crippen molar-refractivity contribution in [3.63, 3.8) is 0 Å². The maximum absolute atomic E-state index is 10.5. The van der Waals surface area contributed by atoms with Crippen molar-refractivity contribution >= 4 is 0 Å². The van der Waals surface area contributed by atoms with Gasteiger partial charge in [-0.3, -0.25) is 0 Å². The van der Waals surface area contributed by atoms with Crippen LogP contribution in [-0.4, -0.2) is 34.5 Å². The van der Waals surface area contributed by atoms with E-state index in [2.05, 4.69) is 50.4 Å². The molecule has 0 heterocycles. The first-order valence-corrected chi connectivity index (χ1v) is 8.31. The molecule has 0 amide bonds. The molecule has 136 valence electrons. The topological polar surface area (TPSA) is 82.0 Å². The van der Waals surface area contributed by atoms with Gasteiger partial charge in [0, 0.05) is 17.6 Å². The summed E-state index contributed by atoms with van der Waals surface area (Å²) in [5.74, 6) is -0.552. The molecule has 0 spiro atoms. The molecule has 0 radical (unpaired) electrons. The molecule has 0 aliphatic carbocycles. The largest absolute Gasteiger partial charge is 0.504 e. The van der Waals surface area contributed by atoms with Crippen molar-refractivity contribution in [3.8, 4) is 17.2 Å². The predicted octanol–water partition coefficient (Wildman–Crippen LogP) is 3.06. The fourth-order valence-electron chi connectivity index (χ4n) is 2.81. The Bertz CT molecular complexity index is 710. The van der Waals surface area contributed by atoms with Crippen LogP contribution in [-0.2, 0) is 6.42 Å². The van der Waals surface area contributed by atoms with Gasteiger partial charge in [-0.1, -0.05) is 29.8 Å². The molecule has 2 rings (SSSR count). The summed E-state index contributed by atoms with van der Waals surface area (Å²) in [6.07, 6.45) is -0.0587. The van der Waals surface area contributed by atoms with Gasteiger partial charge < -0.3 is 25.4 Å². The third-order valence-electron chi connectivity index (χ3n) is 4.24. The van der Waals surface area contributed by atoms with Crippen LogP contribution in [0.1, 0.15) is 36.6 Å². The van der Waals surface area contributed by atoms with Crippen molar-refractivity contribution in [3.05, 3.63) is 53.1 Å². The lowest BCUT2D eigenvalue weighted by molar-refractivity contribution is 0.156. The number of benzene rings is 2. The third kappa shape index (κ3) is 4.87. The highest BCUT2D eigenvalue weighted by Gasteiger charge is 2.23. The molecule has 25 heavy (non-hydrogen) atoms. The summed E-state index contributed by atoms with van der Waals surface area (Å²) in [6, 6.07) is 11.3. The molecule has 0 saturated heterocycles. The Labute approximate surface area is 148 Å². The van der Waals surface area contributed by atoms with Gasteiger partial charge in [-0.25, -0.2) is 0 Å². The molecule has 0 bridgehead atoms. The van der Waals surface area contributed by atoms with E-state index in [4.69, 9.17) is 4.74 Å². The van der Waals surface area contributed by atoms with Crippen molar-refractivity contribution in [2.24, 2.45) is 0 Å². The Kier molecular flexibility index (Phi) is 5.93. The highest BCUT2D eigenvalue weighted by molar-refractivity contribution is 5.54. The number of hydrogen-bond donors (Lipinski definition) is 4. The molecule has 0 aromatic heterocycles. The Balaban J connectivity index is 2.04. The number of aromatic hydroxyl groups is 2. The van der Waals surface area contributed by atoms with Gasteiger partial charge in [0.1, 0.15) is 0 Å². The zero-order chi connectivity index (χ0) is 18.6. The monoisotopic (exact) mass is 345 g/mol. The molecule has 1 atom stereocenters. The number of rotatable bonds is 7. The van der Waals surface area contributed by atoms with E-state index in [0.29, 0.717) is 12.1 Å². The zero-order valence-corrected chi connectivity index (χ0v) is 15.2. The third-order valence-corrected chi connectivity index (χ3v) is 4.24. The molecule has 2 aromatic rings. The minimum absolute atomic E-state index is 0.0886. The van der Waals surface area contributed by atoms with Gasteiger partial charge in [0.05, 0.1) is 13.2 Å². The summed E-state index contributed by atoms with van der Waals surface area (Å²) in [5, 5.41) is 33.3. The van der Waals surface area contributed by atoms with Crippen molar-refractivity contribution in [2.75, 3.05) is 13.7 Å². The highest BCUT2D eigenvalue weighted by Crippen LogP contribution is 2.40. The van der Waals surface area contributed by atoms with E-state index in [0.717, 1.165) is 6.42 Å². The van der Waals surface area contributed by atoms with Crippen molar-refractivity contribution in [1.29, 1.82) is 0 Å². The second-order valence-corrected chi connectivity index (χ2v) is 7.00. The Hall–Kier alpha value is -2.24. The molecule has 5 heteroatoms. The van der Waals surface area contributed by atoms with Gasteiger partial charge in [-0.05, 0) is 44.9 Å². The van der Waals surface area contributed by atoms with Gasteiger partial charge in [-0.15, -0.1) is 0 Å². The lowest BCUT2D eigenvalue weighted by Crippen LogP contribution is -2.43. The number of aliphatic hydroxyl groups excluding tert-OH is 1. The minimum Gasteiger partial charge on any atom is -0.504 e. The number of phenols is 2. The maximum atomic E-state index is 10.5. The molecule has 1 unspecified atom stereocenters. The van der Waals surface area contributed by atoms with E-state index >= 15 is 0 Å². The molecule has 0 aliphatic rings. The van der Waals surface area contributed by atoms with Gasteiger partial charge >= 0.3 is 0 Å². The van der Waals surface area contributed by atoms with E-state index in [1.165, 1.54) is 24.3 Å². The number of phenolic OH excluding ortho intramolecular Hbond substituents is 2. The van der Waals surface area contributed by atoms with E-state index < -0.39 is 6.10 Å². The average molecular weight is 345 g/mol. The summed E-state index contributed by atoms with van der Waals surface area (Å²) in [6.45, 7) is 6.50. The number of nitrogens with one attached hydrogen (secondary N) is 1. The van der Waals surface area contributed by atoms with Crippen LogP contribution < -0.4 is 10.1 Å². The second-order valence-electron chi connectivity index (χ2n) is 7.00. The smallest absolute Gasteiger partial charge is 0.200 e. The first kappa shape index (κ1) is 19.1. The molecule has 0 fully saturated rings. The fourth-order valence-corrected chi connectivity index (χ4v) is 2.81. The van der Waals surface area contributed by atoms with Crippen LogP contribution in [0, 0.1) is 6.92 Å². The van der Waals surface area contributed by atoms with E-state index in [1.54, 1.807) is 6.07 Å². The van der Waals surface area contributed by atoms with Crippen LogP contribution in [0.4, 0.5) is 0 Å². The van der Waals surface area contributed by atoms with E-state index in [-0.39, 0.29) is 22.8 Å². The molecule has 0 aliphatic heterocycles. The molecule has 2 aromatic carbocycles. The second kappa shape index (κ2) is 7.76. The lowest BCUT2D eigenvalue weighted by atomic mass is 9.94. The highest BCUT2D eigenvalue weighted by atomic mass is 16.5. The van der Waals surface area contributed by atoms with Gasteiger partial charge in [0.15, 0.2) is 11.5 Å². The van der Waals surface area contributed by atoms with E-state index in [1.807, 2.05) is 0 Å². The van der Waals surface area contributed by atoms with Crippen LogP contribution in [0.25, 0.3) is 0 Å². The van der Waals surface area contributed by atoms with Gasteiger partial charge in [0.2, 0.25) is 5.75 Å². The van der Waals surface area contributed by atoms with E-state index in [9.17, 15) is 15.3 Å². The summed E-state index contributed by atoms with van der Waals surface area (Å²) in [7, 11) is 1.39. The molecule has 4 N–H and O–H groups in total. The molecular weight excluding hydrogens is 318 g/mol. The van der Waals surface area contributed by atoms with Crippen LogP contribution in [0.2, 0.25) is 0 Å². The maximum Gasteiger partial charge on any atom is 0.200 e. The van der Waals surface area contributed by atoms with Crippen LogP contribution in [0.3, 0.4) is 0 Å². The Morgan fingerprint density at radius 2 is 1.72 bits per heavy atom. The van der Waals surface area contributed by atoms with Crippen molar-refractivity contribution in [2.45, 2.75) is 38.8 Å². The molecule has 0 saturated carbocycles. The first-order chi connectivity index (χ1) is 11.7. The molecular formula is C20H27NO4. The lowest BCUT2D eigenvalue weighted by Gasteiger charge is -2.28. The summed E-state index contributed by atoms with van der Waals surface area (Å²) in [5.41, 5.74) is 2.65. The van der Waals surface area contributed by atoms with Gasteiger partial charge in [-0.2, -0.15) is 0 Å². The number of aryl methyl sites for hydroxylation is 1. The number of ether oxygens (including phenoxy) is 1. The standard InChI is InChI=1S/C20H27NO4/c1-13-5-7-14(8-6-13)11-20(2,3)21-12-17(23)15-9-10-16(22)18(24)19(15)25-4/h5-10,17,21-24H,11-12H2,1-4H3. The Morgan fingerprint density at radius 3 is 2.32 bits per heavy atom. The zero-order valence-electron chi connectivity index (χ0n) is 15.2. The summed E-state index contributed by atoms with van der Waals surface area (Å²) in [4.78, 5) is 0. The SMILES string of the molecule is COc1c(C(O)CNC(C)(C)Cc2ccc(C)cc2)ccc(O)c1O. The fraction of sp³-hybridized carbons (Fsp3) is 0.400. The summed E-state index contributed by atoms with van der Waals surface area (Å²) >= 11 is 0. The van der Waals surface area contributed by atoms with Crippen LogP contribution >= 0.6 is 0 Å². The number of methoxy groups -OCH3 is 1. The number of β-amino-alcohol motifs (C(OH)–C–C–N with tert-alkyl or cyclic N) is 1. The van der Waals surface area contributed by atoms with Crippen molar-refractivity contribution in [1.82, 2.24) is 5.32 Å². The normalized spacial score (nSPS) is 12.8. The van der Waals surface area contributed by atoms with Crippen LogP contribution in [0.15, 0.2) is 36.4 Å².